The molecular formula is C13H25NO2S. The molecule has 0 saturated heterocycles. The zero-order valence-corrected chi connectivity index (χ0v) is 11.6. The van der Waals surface area contributed by atoms with Gasteiger partial charge in [-0.05, 0) is 49.7 Å². The van der Waals surface area contributed by atoms with Crippen LogP contribution in [-0.4, -0.2) is 35.2 Å². The van der Waals surface area contributed by atoms with Gasteiger partial charge in [-0.25, -0.2) is 0 Å². The lowest BCUT2D eigenvalue weighted by Gasteiger charge is -2.14. The molecule has 0 amide bonds. The summed E-state index contributed by atoms with van der Waals surface area (Å²) in [6, 6.07) is -0.356. The first-order valence-electron chi connectivity index (χ1n) is 6.78. The van der Waals surface area contributed by atoms with Crippen LogP contribution in [0, 0.1) is 5.92 Å². The van der Waals surface area contributed by atoms with Gasteiger partial charge in [0.1, 0.15) is 6.04 Å². The molecule has 0 aromatic carbocycles. The third kappa shape index (κ3) is 6.32. The molecule has 1 fully saturated rings. The fourth-order valence-corrected chi connectivity index (χ4v) is 3.50. The van der Waals surface area contributed by atoms with Gasteiger partial charge in [0.15, 0.2) is 0 Å². The smallest absolute Gasteiger partial charge is 0.320 e. The Balaban J connectivity index is 2.06. The summed E-state index contributed by atoms with van der Waals surface area (Å²) in [6.07, 6.45) is 7.26. The molecule has 0 spiro atoms. The molecule has 0 aliphatic heterocycles. The molecule has 2 N–H and O–H groups in total. The van der Waals surface area contributed by atoms with E-state index in [0.29, 0.717) is 0 Å². The van der Waals surface area contributed by atoms with Crippen LogP contribution < -0.4 is 5.32 Å². The molecule has 0 radical (unpaired) electrons. The van der Waals surface area contributed by atoms with Crippen LogP contribution in [0.15, 0.2) is 0 Å². The van der Waals surface area contributed by atoms with E-state index in [9.17, 15) is 4.79 Å². The predicted molar refractivity (Wildman–Crippen MR) is 73.6 cm³/mol. The number of carbonyl (C=O) groups is 1. The van der Waals surface area contributed by atoms with Crippen molar-refractivity contribution in [1.82, 2.24) is 5.32 Å². The van der Waals surface area contributed by atoms with Gasteiger partial charge >= 0.3 is 5.97 Å². The summed E-state index contributed by atoms with van der Waals surface area (Å²) in [5, 5.41) is 12.1. The second-order valence-corrected chi connectivity index (χ2v) is 6.01. The molecule has 17 heavy (non-hydrogen) atoms. The van der Waals surface area contributed by atoms with E-state index in [1.165, 1.54) is 31.4 Å². The van der Waals surface area contributed by atoms with Gasteiger partial charge in [0.05, 0.1) is 0 Å². The minimum absolute atomic E-state index is 0.356. The Bertz CT molecular complexity index is 217. The number of hydrogen-bond donors (Lipinski definition) is 2. The number of nitrogens with one attached hydrogen (secondary N) is 1. The quantitative estimate of drug-likeness (QED) is 0.625. The lowest BCUT2D eigenvalue weighted by atomic mass is 10.1. The van der Waals surface area contributed by atoms with Gasteiger partial charge < -0.3 is 10.4 Å². The summed E-state index contributed by atoms with van der Waals surface area (Å²) >= 11 is 1.93. The van der Waals surface area contributed by atoms with Crippen molar-refractivity contribution < 1.29 is 9.90 Å². The molecule has 100 valence electrons. The SMILES string of the molecule is CCCNC(CCSCC1CCCC1)C(=O)O. The Labute approximate surface area is 109 Å². The second-order valence-electron chi connectivity index (χ2n) is 4.86. The van der Waals surface area contributed by atoms with Crippen LogP contribution in [-0.2, 0) is 4.79 Å². The van der Waals surface area contributed by atoms with Crippen LogP contribution in [0.5, 0.6) is 0 Å². The first-order chi connectivity index (χ1) is 8.24. The van der Waals surface area contributed by atoms with E-state index in [4.69, 9.17) is 5.11 Å². The van der Waals surface area contributed by atoms with Crippen LogP contribution in [0.2, 0.25) is 0 Å². The van der Waals surface area contributed by atoms with E-state index in [0.717, 1.165) is 31.1 Å². The molecule has 1 aliphatic carbocycles. The van der Waals surface area contributed by atoms with Gasteiger partial charge in [-0.3, -0.25) is 4.79 Å². The summed E-state index contributed by atoms with van der Waals surface area (Å²) < 4.78 is 0. The molecule has 4 heteroatoms. The number of carboxylic acids is 1. The standard InChI is InChI=1S/C13H25NO2S/c1-2-8-14-12(13(15)16)7-9-17-10-11-5-3-4-6-11/h11-12,14H,2-10H2,1H3,(H,15,16). The molecule has 3 nitrogen and oxygen atoms in total. The number of aliphatic carboxylic acids is 1. The summed E-state index contributed by atoms with van der Waals surface area (Å²) in [6.45, 7) is 2.85. The molecule has 1 unspecified atom stereocenters. The van der Waals surface area contributed by atoms with E-state index in [1.54, 1.807) is 0 Å². The summed E-state index contributed by atoms with van der Waals surface area (Å²) in [5.41, 5.74) is 0. The topological polar surface area (TPSA) is 49.3 Å². The van der Waals surface area contributed by atoms with Crippen molar-refractivity contribution in [3.05, 3.63) is 0 Å². The van der Waals surface area contributed by atoms with Crippen molar-refractivity contribution in [1.29, 1.82) is 0 Å². The maximum absolute atomic E-state index is 11.0. The summed E-state index contributed by atoms with van der Waals surface area (Å²) in [4.78, 5) is 11.0. The predicted octanol–water partition coefficient (Wildman–Crippen LogP) is 2.75. The van der Waals surface area contributed by atoms with Crippen molar-refractivity contribution in [2.24, 2.45) is 5.92 Å². The van der Waals surface area contributed by atoms with Crippen molar-refractivity contribution in [3.8, 4) is 0 Å². The highest BCUT2D eigenvalue weighted by molar-refractivity contribution is 7.99. The molecule has 1 rings (SSSR count). The van der Waals surface area contributed by atoms with Crippen molar-refractivity contribution >= 4 is 17.7 Å². The number of thioether (sulfide) groups is 1. The number of carboxylic acid groups (broad SMARTS) is 1. The zero-order chi connectivity index (χ0) is 12.5. The third-order valence-electron chi connectivity index (χ3n) is 3.32. The number of rotatable bonds is 9. The first kappa shape index (κ1) is 14.8. The summed E-state index contributed by atoms with van der Waals surface area (Å²) in [5.74, 6) is 2.37. The minimum atomic E-state index is -0.708. The molecular weight excluding hydrogens is 234 g/mol. The lowest BCUT2D eigenvalue weighted by molar-refractivity contribution is -0.139. The monoisotopic (exact) mass is 259 g/mol. The van der Waals surface area contributed by atoms with Crippen molar-refractivity contribution in [3.63, 3.8) is 0 Å². The van der Waals surface area contributed by atoms with Crippen molar-refractivity contribution in [2.45, 2.75) is 51.5 Å². The van der Waals surface area contributed by atoms with Crippen LogP contribution in [0.4, 0.5) is 0 Å². The first-order valence-corrected chi connectivity index (χ1v) is 7.93. The van der Waals surface area contributed by atoms with Crippen LogP contribution in [0.25, 0.3) is 0 Å². The Morgan fingerprint density at radius 3 is 2.76 bits per heavy atom. The molecule has 1 atom stereocenters. The van der Waals surface area contributed by atoms with E-state index >= 15 is 0 Å². The van der Waals surface area contributed by atoms with Crippen molar-refractivity contribution in [2.75, 3.05) is 18.1 Å². The second kappa shape index (κ2) is 8.81. The van der Waals surface area contributed by atoms with Crippen LogP contribution >= 0.6 is 11.8 Å². The number of hydrogen-bond acceptors (Lipinski definition) is 3. The minimum Gasteiger partial charge on any atom is -0.480 e. The Morgan fingerprint density at radius 1 is 1.47 bits per heavy atom. The van der Waals surface area contributed by atoms with Gasteiger partial charge in [0, 0.05) is 0 Å². The highest BCUT2D eigenvalue weighted by Gasteiger charge is 2.17. The van der Waals surface area contributed by atoms with E-state index in [2.05, 4.69) is 12.2 Å². The highest BCUT2D eigenvalue weighted by Crippen LogP contribution is 2.28. The molecule has 0 aromatic rings. The van der Waals surface area contributed by atoms with Gasteiger partial charge in [0.25, 0.3) is 0 Å². The lowest BCUT2D eigenvalue weighted by Crippen LogP contribution is -2.37. The molecule has 0 aromatic heterocycles. The van der Waals surface area contributed by atoms with E-state index < -0.39 is 5.97 Å². The average Bonchev–Trinajstić information content (AvgIpc) is 2.80. The Hall–Kier alpha value is -0.220. The molecule has 0 heterocycles. The fraction of sp³-hybridized carbons (Fsp3) is 0.923. The van der Waals surface area contributed by atoms with E-state index in [-0.39, 0.29) is 6.04 Å². The average molecular weight is 259 g/mol. The van der Waals surface area contributed by atoms with Crippen LogP contribution in [0.1, 0.15) is 45.4 Å². The molecule has 1 aliphatic rings. The van der Waals surface area contributed by atoms with Gasteiger partial charge in [-0.15, -0.1) is 0 Å². The maximum Gasteiger partial charge on any atom is 0.320 e. The van der Waals surface area contributed by atoms with Crippen LogP contribution in [0.3, 0.4) is 0 Å². The maximum atomic E-state index is 11.0. The normalized spacial score (nSPS) is 18.4. The summed E-state index contributed by atoms with van der Waals surface area (Å²) in [7, 11) is 0. The Kier molecular flexibility index (Phi) is 7.69. The van der Waals surface area contributed by atoms with Gasteiger partial charge in [-0.1, -0.05) is 19.8 Å². The molecule has 1 saturated carbocycles. The van der Waals surface area contributed by atoms with E-state index in [1.807, 2.05) is 11.8 Å². The fourth-order valence-electron chi connectivity index (χ4n) is 2.26. The van der Waals surface area contributed by atoms with Gasteiger partial charge in [-0.2, -0.15) is 11.8 Å². The molecule has 0 bridgehead atoms. The largest absolute Gasteiger partial charge is 0.480 e. The Morgan fingerprint density at radius 2 is 2.18 bits per heavy atom. The third-order valence-corrected chi connectivity index (χ3v) is 4.55. The zero-order valence-electron chi connectivity index (χ0n) is 10.8. The van der Waals surface area contributed by atoms with Gasteiger partial charge in [0.2, 0.25) is 0 Å². The highest BCUT2D eigenvalue weighted by atomic mass is 32.2.